The molecule has 1 saturated heterocycles. The fourth-order valence-corrected chi connectivity index (χ4v) is 4.04. The molecule has 1 aliphatic heterocycles. The largest absolute Gasteiger partial charge is 0.478 e. The van der Waals surface area contributed by atoms with Gasteiger partial charge in [-0.3, -0.25) is 0 Å². The SMILES string of the molecule is O=C(O)C=CC(=O)O.O=S(=O)(CCNCCN1CCCCCC1)c1ccccc1. The van der Waals surface area contributed by atoms with Crippen molar-refractivity contribution in [3.8, 4) is 0 Å². The Balaban J connectivity index is 0.000000447. The number of sulfone groups is 1. The Labute approximate surface area is 172 Å². The molecule has 9 heteroatoms. The van der Waals surface area contributed by atoms with Gasteiger partial charge in [-0.15, -0.1) is 0 Å². The number of hydrogen-bond donors (Lipinski definition) is 3. The quantitative estimate of drug-likeness (QED) is 0.402. The monoisotopic (exact) mass is 426 g/mol. The van der Waals surface area contributed by atoms with Crippen molar-refractivity contribution < 1.29 is 28.2 Å². The lowest BCUT2D eigenvalue weighted by atomic mass is 10.2. The molecule has 0 bridgehead atoms. The predicted octanol–water partition coefficient (Wildman–Crippen LogP) is 1.64. The highest BCUT2D eigenvalue weighted by Gasteiger charge is 2.13. The normalized spacial score (nSPS) is 15.3. The van der Waals surface area contributed by atoms with Crippen LogP contribution in [0, 0.1) is 0 Å². The van der Waals surface area contributed by atoms with Crippen LogP contribution in [0.5, 0.6) is 0 Å². The van der Waals surface area contributed by atoms with Gasteiger partial charge in [-0.05, 0) is 38.1 Å². The third-order valence-corrected chi connectivity index (χ3v) is 6.05. The Kier molecular flexibility index (Phi) is 11.9. The van der Waals surface area contributed by atoms with E-state index in [-0.39, 0.29) is 5.75 Å². The molecule has 0 spiro atoms. The van der Waals surface area contributed by atoms with Crippen LogP contribution in [-0.2, 0) is 19.4 Å². The van der Waals surface area contributed by atoms with Crippen LogP contribution in [0.2, 0.25) is 0 Å². The number of hydrogen-bond acceptors (Lipinski definition) is 6. The van der Waals surface area contributed by atoms with Gasteiger partial charge in [0.25, 0.3) is 0 Å². The zero-order valence-corrected chi connectivity index (χ0v) is 17.3. The summed E-state index contributed by atoms with van der Waals surface area (Å²) in [7, 11) is -3.15. The summed E-state index contributed by atoms with van der Waals surface area (Å²) in [5, 5.41) is 18.9. The molecule has 1 fully saturated rings. The number of likely N-dealkylation sites (tertiary alicyclic amines) is 1. The van der Waals surface area contributed by atoms with Crippen LogP contribution in [0.1, 0.15) is 25.7 Å². The average molecular weight is 427 g/mol. The molecule has 0 atom stereocenters. The highest BCUT2D eigenvalue weighted by Crippen LogP contribution is 2.10. The van der Waals surface area contributed by atoms with Crippen LogP contribution in [0.15, 0.2) is 47.4 Å². The van der Waals surface area contributed by atoms with Gasteiger partial charge < -0.3 is 20.4 Å². The lowest BCUT2D eigenvalue weighted by Crippen LogP contribution is -2.34. The van der Waals surface area contributed by atoms with Crippen molar-refractivity contribution >= 4 is 21.8 Å². The first-order valence-electron chi connectivity index (χ1n) is 9.66. The Morgan fingerprint density at radius 2 is 1.48 bits per heavy atom. The van der Waals surface area contributed by atoms with Crippen molar-refractivity contribution in [3.05, 3.63) is 42.5 Å². The fourth-order valence-electron chi connectivity index (χ4n) is 2.82. The molecule has 2 rings (SSSR count). The maximum absolute atomic E-state index is 12.1. The molecule has 0 unspecified atom stereocenters. The number of benzene rings is 1. The van der Waals surface area contributed by atoms with Crippen molar-refractivity contribution in [1.82, 2.24) is 10.2 Å². The molecule has 1 heterocycles. The molecule has 0 aliphatic carbocycles. The summed E-state index contributed by atoms with van der Waals surface area (Å²) in [6.45, 7) is 4.77. The van der Waals surface area contributed by atoms with E-state index in [1.54, 1.807) is 24.3 Å². The molecule has 1 aliphatic rings. The van der Waals surface area contributed by atoms with E-state index in [2.05, 4.69) is 10.2 Å². The Morgan fingerprint density at radius 1 is 0.931 bits per heavy atom. The number of carboxylic acids is 2. The Hall–Kier alpha value is -2.23. The molecule has 1 aromatic carbocycles. The summed E-state index contributed by atoms with van der Waals surface area (Å²) in [6, 6.07) is 8.68. The first kappa shape index (κ1) is 24.8. The topological polar surface area (TPSA) is 124 Å². The van der Waals surface area contributed by atoms with Gasteiger partial charge in [0.05, 0.1) is 10.6 Å². The van der Waals surface area contributed by atoms with Gasteiger partial charge in [0.15, 0.2) is 9.84 Å². The zero-order valence-electron chi connectivity index (χ0n) is 16.5. The van der Waals surface area contributed by atoms with Crippen LogP contribution in [-0.4, -0.2) is 73.9 Å². The van der Waals surface area contributed by atoms with E-state index in [0.29, 0.717) is 23.6 Å². The predicted molar refractivity (Wildman–Crippen MR) is 111 cm³/mol. The molecule has 0 aromatic heterocycles. The Bertz CT molecular complexity index is 725. The zero-order chi connectivity index (χ0) is 21.5. The summed E-state index contributed by atoms with van der Waals surface area (Å²) in [5.74, 6) is -2.35. The summed E-state index contributed by atoms with van der Waals surface area (Å²) in [5.41, 5.74) is 0. The van der Waals surface area contributed by atoms with Crippen molar-refractivity contribution in [2.45, 2.75) is 30.6 Å². The lowest BCUT2D eigenvalue weighted by molar-refractivity contribution is -0.134. The van der Waals surface area contributed by atoms with E-state index >= 15 is 0 Å². The number of carbonyl (C=O) groups is 2. The second-order valence-electron chi connectivity index (χ2n) is 6.65. The van der Waals surface area contributed by atoms with Gasteiger partial charge in [-0.1, -0.05) is 31.0 Å². The molecule has 0 radical (unpaired) electrons. The highest BCUT2D eigenvalue weighted by molar-refractivity contribution is 7.91. The van der Waals surface area contributed by atoms with Gasteiger partial charge in [-0.2, -0.15) is 0 Å². The molecular formula is C20H30N2O6S. The van der Waals surface area contributed by atoms with Crippen LogP contribution in [0.3, 0.4) is 0 Å². The number of rotatable bonds is 9. The number of nitrogens with zero attached hydrogens (tertiary/aromatic N) is 1. The highest BCUT2D eigenvalue weighted by atomic mass is 32.2. The minimum Gasteiger partial charge on any atom is -0.478 e. The third-order valence-electron chi connectivity index (χ3n) is 4.32. The van der Waals surface area contributed by atoms with Crippen LogP contribution in [0.4, 0.5) is 0 Å². The standard InChI is InChI=1S/C16H26N2O2S.C4H4O4/c19-21(20,16-8-4-3-5-9-16)15-11-17-10-14-18-12-6-1-2-7-13-18;5-3(6)1-2-4(7)8/h3-5,8-9,17H,1-2,6-7,10-15H2;1-2H,(H,5,6)(H,7,8). The second kappa shape index (κ2) is 13.9. The number of nitrogens with one attached hydrogen (secondary N) is 1. The second-order valence-corrected chi connectivity index (χ2v) is 8.76. The average Bonchev–Trinajstić information content (AvgIpc) is 2.96. The van der Waals surface area contributed by atoms with Crippen LogP contribution >= 0.6 is 0 Å². The fraction of sp³-hybridized carbons (Fsp3) is 0.500. The molecule has 8 nitrogen and oxygen atoms in total. The molecule has 0 saturated carbocycles. The van der Waals surface area contributed by atoms with E-state index in [1.165, 1.54) is 38.8 Å². The van der Waals surface area contributed by atoms with Gasteiger partial charge >= 0.3 is 11.9 Å². The van der Waals surface area contributed by atoms with E-state index in [0.717, 1.165) is 13.1 Å². The smallest absolute Gasteiger partial charge is 0.328 e. The number of carboxylic acid groups (broad SMARTS) is 2. The van der Waals surface area contributed by atoms with E-state index < -0.39 is 21.8 Å². The summed E-state index contributed by atoms with van der Waals surface area (Å²) in [4.78, 5) is 22.0. The van der Waals surface area contributed by atoms with E-state index in [9.17, 15) is 18.0 Å². The van der Waals surface area contributed by atoms with Gasteiger partial charge in [0, 0.05) is 31.8 Å². The number of aliphatic carboxylic acids is 2. The molecule has 1 aromatic rings. The first-order valence-corrected chi connectivity index (χ1v) is 11.3. The minimum atomic E-state index is -3.15. The van der Waals surface area contributed by atoms with E-state index in [4.69, 9.17) is 10.2 Å². The van der Waals surface area contributed by atoms with E-state index in [1.807, 2.05) is 6.07 Å². The maximum Gasteiger partial charge on any atom is 0.328 e. The maximum atomic E-state index is 12.1. The Morgan fingerprint density at radius 3 is 2.00 bits per heavy atom. The van der Waals surface area contributed by atoms with Gasteiger partial charge in [0.1, 0.15) is 0 Å². The first-order chi connectivity index (χ1) is 13.8. The molecule has 3 N–H and O–H groups in total. The van der Waals surface area contributed by atoms with Crippen molar-refractivity contribution in [1.29, 1.82) is 0 Å². The van der Waals surface area contributed by atoms with Crippen molar-refractivity contribution in [2.24, 2.45) is 0 Å². The molecular weight excluding hydrogens is 396 g/mol. The van der Waals surface area contributed by atoms with Crippen LogP contribution < -0.4 is 5.32 Å². The molecule has 0 amide bonds. The summed E-state index contributed by atoms with van der Waals surface area (Å²) >= 11 is 0. The third kappa shape index (κ3) is 12.0. The summed E-state index contributed by atoms with van der Waals surface area (Å²) in [6.07, 6.45) is 6.40. The minimum absolute atomic E-state index is 0.164. The lowest BCUT2D eigenvalue weighted by Gasteiger charge is -2.19. The summed E-state index contributed by atoms with van der Waals surface area (Å²) < 4.78 is 24.2. The van der Waals surface area contributed by atoms with Crippen molar-refractivity contribution in [2.75, 3.05) is 38.5 Å². The van der Waals surface area contributed by atoms with Gasteiger partial charge in [0.2, 0.25) is 0 Å². The van der Waals surface area contributed by atoms with Crippen molar-refractivity contribution in [3.63, 3.8) is 0 Å². The molecule has 29 heavy (non-hydrogen) atoms. The van der Waals surface area contributed by atoms with Crippen LogP contribution in [0.25, 0.3) is 0 Å². The van der Waals surface area contributed by atoms with Gasteiger partial charge in [-0.25, -0.2) is 18.0 Å². The molecule has 162 valence electrons.